The summed E-state index contributed by atoms with van der Waals surface area (Å²) < 4.78 is 1.69. The van der Waals surface area contributed by atoms with E-state index < -0.39 is 5.25 Å². The fourth-order valence-corrected chi connectivity index (χ4v) is 3.81. The van der Waals surface area contributed by atoms with Crippen molar-refractivity contribution in [2.75, 3.05) is 14.1 Å². The Morgan fingerprint density at radius 3 is 2.50 bits per heavy atom. The number of aryl methyl sites for hydroxylation is 2. The molecule has 0 bridgehead atoms. The summed E-state index contributed by atoms with van der Waals surface area (Å²) in [5.74, 6) is -0.00335. The van der Waals surface area contributed by atoms with Gasteiger partial charge in [0.15, 0.2) is 0 Å². The molecule has 3 rings (SSSR count). The Balaban J connectivity index is 1.98. The molecule has 1 aromatic heterocycles. The van der Waals surface area contributed by atoms with E-state index in [-0.39, 0.29) is 5.91 Å². The van der Waals surface area contributed by atoms with E-state index in [1.807, 2.05) is 56.3 Å². The molecular formula is C19H21N5OS. The fourth-order valence-electron chi connectivity index (χ4n) is 2.68. The van der Waals surface area contributed by atoms with E-state index in [9.17, 15) is 4.79 Å². The predicted molar refractivity (Wildman–Crippen MR) is 102 cm³/mol. The molecule has 0 saturated heterocycles. The molecule has 0 N–H and O–H groups in total. The molecule has 0 aliphatic rings. The Morgan fingerprint density at radius 1 is 1.12 bits per heavy atom. The van der Waals surface area contributed by atoms with E-state index in [1.165, 1.54) is 17.3 Å². The minimum atomic E-state index is -0.415. The van der Waals surface area contributed by atoms with E-state index in [1.54, 1.807) is 23.7 Å². The number of aromatic nitrogens is 4. The molecule has 2 aromatic carbocycles. The Kier molecular flexibility index (Phi) is 5.37. The van der Waals surface area contributed by atoms with Crippen LogP contribution in [0.4, 0.5) is 0 Å². The van der Waals surface area contributed by atoms with Crippen LogP contribution >= 0.6 is 11.8 Å². The van der Waals surface area contributed by atoms with E-state index >= 15 is 0 Å². The van der Waals surface area contributed by atoms with Crippen LogP contribution < -0.4 is 0 Å². The zero-order chi connectivity index (χ0) is 18.7. The van der Waals surface area contributed by atoms with E-state index in [0.29, 0.717) is 5.16 Å². The number of tetrazole rings is 1. The lowest BCUT2D eigenvalue weighted by molar-refractivity contribution is -0.128. The van der Waals surface area contributed by atoms with Gasteiger partial charge in [-0.1, -0.05) is 59.8 Å². The van der Waals surface area contributed by atoms with Gasteiger partial charge in [0.2, 0.25) is 11.1 Å². The van der Waals surface area contributed by atoms with E-state index in [4.69, 9.17) is 0 Å². The fraction of sp³-hybridized carbons (Fsp3) is 0.263. The van der Waals surface area contributed by atoms with Crippen LogP contribution in [0, 0.1) is 13.8 Å². The van der Waals surface area contributed by atoms with Gasteiger partial charge in [0.1, 0.15) is 5.25 Å². The third kappa shape index (κ3) is 3.77. The quantitative estimate of drug-likeness (QED) is 0.648. The lowest BCUT2D eigenvalue weighted by Gasteiger charge is -2.20. The van der Waals surface area contributed by atoms with Crippen LogP contribution in [0.3, 0.4) is 0 Å². The molecule has 0 saturated carbocycles. The standard InChI is InChI=1S/C19H21N5OS/c1-13-10-11-16(14(2)12-13)24-19(20-21-22-24)26-17(18(25)23(3)4)15-8-6-5-7-9-15/h5-12,17H,1-4H3/t17-/m0/s1. The van der Waals surface area contributed by atoms with E-state index in [0.717, 1.165) is 16.8 Å². The number of amides is 1. The third-order valence-corrected chi connectivity index (χ3v) is 5.19. The van der Waals surface area contributed by atoms with Crippen LogP contribution in [0.25, 0.3) is 5.69 Å². The van der Waals surface area contributed by atoms with Gasteiger partial charge in [-0.15, -0.1) is 5.10 Å². The summed E-state index contributed by atoms with van der Waals surface area (Å²) in [5, 5.41) is 12.3. The highest BCUT2D eigenvalue weighted by Gasteiger charge is 2.26. The molecule has 7 heteroatoms. The first-order valence-electron chi connectivity index (χ1n) is 8.26. The maximum Gasteiger partial charge on any atom is 0.240 e. The molecule has 0 radical (unpaired) electrons. The van der Waals surface area contributed by atoms with Gasteiger partial charge in [-0.05, 0) is 41.5 Å². The normalized spacial score (nSPS) is 12.0. The van der Waals surface area contributed by atoms with Crippen molar-refractivity contribution < 1.29 is 4.79 Å². The van der Waals surface area contributed by atoms with Crippen molar-refractivity contribution in [3.05, 3.63) is 65.2 Å². The van der Waals surface area contributed by atoms with Crippen LogP contribution in [-0.2, 0) is 4.79 Å². The van der Waals surface area contributed by atoms with Gasteiger partial charge in [-0.3, -0.25) is 4.79 Å². The smallest absolute Gasteiger partial charge is 0.240 e. The molecule has 0 unspecified atom stereocenters. The zero-order valence-electron chi connectivity index (χ0n) is 15.2. The van der Waals surface area contributed by atoms with Crippen molar-refractivity contribution in [2.24, 2.45) is 0 Å². The maximum absolute atomic E-state index is 12.8. The molecular weight excluding hydrogens is 346 g/mol. The minimum Gasteiger partial charge on any atom is -0.348 e. The average Bonchev–Trinajstić information content (AvgIpc) is 3.07. The highest BCUT2D eigenvalue weighted by atomic mass is 32.2. The summed E-state index contributed by atoms with van der Waals surface area (Å²) in [4.78, 5) is 14.3. The first-order chi connectivity index (χ1) is 12.5. The molecule has 0 aliphatic heterocycles. The molecule has 0 aliphatic carbocycles. The van der Waals surface area contributed by atoms with Crippen molar-refractivity contribution >= 4 is 17.7 Å². The largest absolute Gasteiger partial charge is 0.348 e. The SMILES string of the molecule is Cc1ccc(-n2nnnc2S[C@H](C(=O)N(C)C)c2ccccc2)c(C)c1. The van der Waals surface area contributed by atoms with Crippen LogP contribution in [0.1, 0.15) is 21.9 Å². The highest BCUT2D eigenvalue weighted by molar-refractivity contribution is 8.00. The Hall–Kier alpha value is -2.67. The number of carbonyl (C=O) groups is 1. The first kappa shape index (κ1) is 18.1. The van der Waals surface area contributed by atoms with Crippen molar-refractivity contribution in [3.63, 3.8) is 0 Å². The number of rotatable bonds is 5. The lowest BCUT2D eigenvalue weighted by atomic mass is 10.1. The minimum absolute atomic E-state index is 0.00335. The molecule has 0 fully saturated rings. The number of benzene rings is 2. The van der Waals surface area contributed by atoms with Crippen molar-refractivity contribution in [1.82, 2.24) is 25.1 Å². The monoisotopic (exact) mass is 367 g/mol. The molecule has 0 spiro atoms. The maximum atomic E-state index is 12.8. The third-order valence-electron chi connectivity index (χ3n) is 4.01. The van der Waals surface area contributed by atoms with Crippen molar-refractivity contribution in [3.8, 4) is 5.69 Å². The van der Waals surface area contributed by atoms with Crippen molar-refractivity contribution in [2.45, 2.75) is 24.3 Å². The molecule has 3 aromatic rings. The number of hydrogen-bond acceptors (Lipinski definition) is 5. The van der Waals surface area contributed by atoms with E-state index in [2.05, 4.69) is 21.6 Å². The van der Waals surface area contributed by atoms with Gasteiger partial charge in [0.25, 0.3) is 0 Å². The van der Waals surface area contributed by atoms with Gasteiger partial charge in [0.05, 0.1) is 5.69 Å². The summed E-state index contributed by atoms with van der Waals surface area (Å²) in [6.07, 6.45) is 0. The second kappa shape index (κ2) is 7.70. The molecule has 134 valence electrons. The number of likely N-dealkylation sites (N-methyl/N-ethyl adjacent to an activating group) is 1. The van der Waals surface area contributed by atoms with Gasteiger partial charge < -0.3 is 4.90 Å². The molecule has 1 amide bonds. The second-order valence-corrected chi connectivity index (χ2v) is 7.38. The number of carbonyl (C=O) groups excluding carboxylic acids is 1. The molecule has 26 heavy (non-hydrogen) atoms. The topological polar surface area (TPSA) is 63.9 Å². The number of thioether (sulfide) groups is 1. The van der Waals surface area contributed by atoms with Crippen molar-refractivity contribution in [1.29, 1.82) is 0 Å². The summed E-state index contributed by atoms with van der Waals surface area (Å²) in [7, 11) is 3.51. The predicted octanol–water partition coefficient (Wildman–Crippen LogP) is 3.20. The van der Waals surface area contributed by atoms with Crippen LogP contribution in [-0.4, -0.2) is 45.1 Å². The summed E-state index contributed by atoms with van der Waals surface area (Å²) in [6.45, 7) is 4.07. The Labute approximate surface area is 157 Å². The average molecular weight is 367 g/mol. The van der Waals surface area contributed by atoms with Crippen LogP contribution in [0.5, 0.6) is 0 Å². The molecule has 6 nitrogen and oxygen atoms in total. The summed E-state index contributed by atoms with van der Waals surface area (Å²) in [6, 6.07) is 15.8. The molecule has 1 atom stereocenters. The zero-order valence-corrected chi connectivity index (χ0v) is 16.1. The Bertz CT molecular complexity index is 907. The van der Waals surface area contributed by atoms with Crippen LogP contribution in [0.2, 0.25) is 0 Å². The number of hydrogen-bond donors (Lipinski definition) is 0. The van der Waals surface area contributed by atoms with Gasteiger partial charge in [-0.2, -0.15) is 4.68 Å². The second-order valence-electron chi connectivity index (χ2n) is 6.30. The number of nitrogens with zero attached hydrogens (tertiary/aromatic N) is 5. The van der Waals surface area contributed by atoms with Crippen LogP contribution in [0.15, 0.2) is 53.7 Å². The molecule has 1 heterocycles. The Morgan fingerprint density at radius 2 is 1.85 bits per heavy atom. The van der Waals surface area contributed by atoms with Gasteiger partial charge in [0, 0.05) is 14.1 Å². The van der Waals surface area contributed by atoms with Gasteiger partial charge >= 0.3 is 0 Å². The lowest BCUT2D eigenvalue weighted by Crippen LogP contribution is -2.27. The highest BCUT2D eigenvalue weighted by Crippen LogP contribution is 2.36. The first-order valence-corrected chi connectivity index (χ1v) is 9.14. The summed E-state index contributed by atoms with van der Waals surface area (Å²) in [5.41, 5.74) is 4.09. The summed E-state index contributed by atoms with van der Waals surface area (Å²) >= 11 is 1.35. The van der Waals surface area contributed by atoms with Gasteiger partial charge in [-0.25, -0.2) is 0 Å².